The number of hydrogen-bond donors (Lipinski definition) is 1. The topological polar surface area (TPSA) is 44.8 Å². The van der Waals surface area contributed by atoms with E-state index in [1.807, 2.05) is 24.3 Å². The van der Waals surface area contributed by atoms with E-state index in [2.05, 4.69) is 46.4 Å². The fourth-order valence-corrected chi connectivity index (χ4v) is 3.82. The highest BCUT2D eigenvalue weighted by molar-refractivity contribution is 5.95. The van der Waals surface area contributed by atoms with Gasteiger partial charge in [0.1, 0.15) is 0 Å². The van der Waals surface area contributed by atoms with Crippen molar-refractivity contribution < 1.29 is 9.53 Å². The molecule has 2 aromatic rings. The van der Waals surface area contributed by atoms with Gasteiger partial charge in [0.05, 0.1) is 13.2 Å². The van der Waals surface area contributed by atoms with Gasteiger partial charge in [-0.3, -0.25) is 4.79 Å². The van der Waals surface area contributed by atoms with Crippen molar-refractivity contribution in [1.29, 1.82) is 0 Å². The van der Waals surface area contributed by atoms with Crippen LogP contribution in [0.1, 0.15) is 16.8 Å². The van der Waals surface area contributed by atoms with Crippen LogP contribution in [0.3, 0.4) is 0 Å². The SMILES string of the molecule is CN1CC[C@H](NC(=O)c2ccc(-c3ccc(N4CCOCC4)cc3)cc2)C1. The van der Waals surface area contributed by atoms with E-state index in [9.17, 15) is 4.79 Å². The molecule has 142 valence electrons. The first-order valence-electron chi connectivity index (χ1n) is 9.72. The third-order valence-electron chi connectivity index (χ3n) is 5.45. The number of rotatable bonds is 4. The number of amides is 1. The standard InChI is InChI=1S/C22H27N3O2/c1-24-11-10-20(16-24)23-22(26)19-4-2-17(3-5-19)18-6-8-21(9-7-18)25-12-14-27-15-13-25/h2-9,20H,10-16H2,1H3,(H,23,26)/t20-/m0/s1. The normalized spacial score (nSPS) is 20.6. The van der Waals surface area contributed by atoms with Crippen LogP contribution in [-0.2, 0) is 4.74 Å². The van der Waals surface area contributed by atoms with Gasteiger partial charge < -0.3 is 19.9 Å². The molecule has 2 aromatic carbocycles. The van der Waals surface area contributed by atoms with Crippen molar-refractivity contribution in [3.63, 3.8) is 0 Å². The van der Waals surface area contributed by atoms with Crippen LogP contribution < -0.4 is 10.2 Å². The number of hydrogen-bond acceptors (Lipinski definition) is 4. The van der Waals surface area contributed by atoms with E-state index in [1.54, 1.807) is 0 Å². The molecular weight excluding hydrogens is 338 g/mol. The van der Waals surface area contributed by atoms with Crippen molar-refractivity contribution in [2.75, 3.05) is 51.3 Å². The zero-order valence-electron chi connectivity index (χ0n) is 15.9. The summed E-state index contributed by atoms with van der Waals surface area (Å²) in [6, 6.07) is 16.8. The van der Waals surface area contributed by atoms with Crippen LogP contribution in [0, 0.1) is 0 Å². The molecular formula is C22H27N3O2. The Morgan fingerprint density at radius 1 is 0.963 bits per heavy atom. The fraction of sp³-hybridized carbons (Fsp3) is 0.409. The second-order valence-corrected chi connectivity index (χ2v) is 7.44. The largest absolute Gasteiger partial charge is 0.378 e. The van der Waals surface area contributed by atoms with Crippen LogP contribution in [0.2, 0.25) is 0 Å². The molecule has 2 saturated heterocycles. The second kappa shape index (κ2) is 8.11. The minimum absolute atomic E-state index is 0.0181. The van der Waals surface area contributed by atoms with E-state index < -0.39 is 0 Å². The van der Waals surface area contributed by atoms with Gasteiger partial charge in [0.25, 0.3) is 5.91 Å². The summed E-state index contributed by atoms with van der Waals surface area (Å²) < 4.78 is 5.41. The van der Waals surface area contributed by atoms with E-state index in [0.29, 0.717) is 0 Å². The molecule has 0 aliphatic carbocycles. The molecule has 1 amide bonds. The maximum absolute atomic E-state index is 12.4. The first-order valence-corrected chi connectivity index (χ1v) is 9.72. The Morgan fingerprint density at radius 3 is 2.19 bits per heavy atom. The van der Waals surface area contributed by atoms with Gasteiger partial charge in [-0.25, -0.2) is 0 Å². The van der Waals surface area contributed by atoms with Crippen molar-refractivity contribution in [1.82, 2.24) is 10.2 Å². The first kappa shape index (κ1) is 18.0. The molecule has 0 bridgehead atoms. The molecule has 0 aromatic heterocycles. The Labute approximate surface area is 160 Å². The molecule has 0 radical (unpaired) electrons. The smallest absolute Gasteiger partial charge is 0.251 e. The lowest BCUT2D eigenvalue weighted by molar-refractivity contribution is 0.0938. The lowest BCUT2D eigenvalue weighted by atomic mass is 10.0. The van der Waals surface area contributed by atoms with Gasteiger partial charge in [0, 0.05) is 36.9 Å². The number of ether oxygens (including phenoxy) is 1. The molecule has 1 atom stereocenters. The predicted molar refractivity (Wildman–Crippen MR) is 108 cm³/mol. The van der Waals surface area contributed by atoms with Crippen molar-refractivity contribution >= 4 is 11.6 Å². The zero-order chi connectivity index (χ0) is 18.6. The molecule has 2 fully saturated rings. The monoisotopic (exact) mass is 365 g/mol. The summed E-state index contributed by atoms with van der Waals surface area (Å²) in [4.78, 5) is 17.0. The Bertz CT molecular complexity index is 767. The highest BCUT2D eigenvalue weighted by Gasteiger charge is 2.21. The lowest BCUT2D eigenvalue weighted by Gasteiger charge is -2.28. The van der Waals surface area contributed by atoms with Gasteiger partial charge in [-0.15, -0.1) is 0 Å². The number of morpholine rings is 1. The molecule has 0 saturated carbocycles. The van der Waals surface area contributed by atoms with Crippen molar-refractivity contribution in [2.45, 2.75) is 12.5 Å². The van der Waals surface area contributed by atoms with Crippen molar-refractivity contribution in [3.05, 3.63) is 54.1 Å². The Hall–Kier alpha value is -2.37. The maximum atomic E-state index is 12.4. The highest BCUT2D eigenvalue weighted by atomic mass is 16.5. The number of carbonyl (C=O) groups is 1. The molecule has 4 rings (SSSR count). The van der Waals surface area contributed by atoms with Gasteiger partial charge >= 0.3 is 0 Å². The summed E-state index contributed by atoms with van der Waals surface area (Å²) in [5.74, 6) is 0.0181. The number of anilines is 1. The summed E-state index contributed by atoms with van der Waals surface area (Å²) in [6.45, 7) is 5.45. The molecule has 27 heavy (non-hydrogen) atoms. The minimum Gasteiger partial charge on any atom is -0.378 e. The molecule has 2 heterocycles. The van der Waals surface area contributed by atoms with Crippen LogP contribution in [0.5, 0.6) is 0 Å². The predicted octanol–water partition coefficient (Wildman–Crippen LogP) is 2.62. The summed E-state index contributed by atoms with van der Waals surface area (Å²) >= 11 is 0. The van der Waals surface area contributed by atoms with E-state index in [-0.39, 0.29) is 11.9 Å². The second-order valence-electron chi connectivity index (χ2n) is 7.44. The number of likely N-dealkylation sites (N-methyl/N-ethyl adjacent to an activating group) is 1. The van der Waals surface area contributed by atoms with Gasteiger partial charge in [-0.05, 0) is 55.4 Å². The molecule has 1 N–H and O–H groups in total. The number of benzene rings is 2. The molecule has 0 spiro atoms. The quantitative estimate of drug-likeness (QED) is 0.905. The average molecular weight is 365 g/mol. The Morgan fingerprint density at radius 2 is 1.59 bits per heavy atom. The minimum atomic E-state index is 0.0181. The van der Waals surface area contributed by atoms with Gasteiger partial charge in [-0.2, -0.15) is 0 Å². The van der Waals surface area contributed by atoms with Crippen LogP contribution in [0.25, 0.3) is 11.1 Å². The fourth-order valence-electron chi connectivity index (χ4n) is 3.82. The third kappa shape index (κ3) is 4.31. The number of nitrogens with one attached hydrogen (secondary N) is 1. The van der Waals surface area contributed by atoms with E-state index >= 15 is 0 Å². The Balaban J connectivity index is 1.40. The van der Waals surface area contributed by atoms with Crippen molar-refractivity contribution in [2.24, 2.45) is 0 Å². The summed E-state index contributed by atoms with van der Waals surface area (Å²) in [5, 5.41) is 3.13. The number of nitrogens with zero attached hydrogens (tertiary/aromatic N) is 2. The van der Waals surface area contributed by atoms with Crippen LogP contribution >= 0.6 is 0 Å². The number of carbonyl (C=O) groups excluding carboxylic acids is 1. The highest BCUT2D eigenvalue weighted by Crippen LogP contribution is 2.24. The van der Waals surface area contributed by atoms with Gasteiger partial charge in [0.15, 0.2) is 0 Å². The van der Waals surface area contributed by atoms with Crippen molar-refractivity contribution in [3.8, 4) is 11.1 Å². The first-order chi connectivity index (χ1) is 13.2. The molecule has 5 nitrogen and oxygen atoms in total. The van der Waals surface area contributed by atoms with E-state index in [4.69, 9.17) is 4.74 Å². The summed E-state index contributed by atoms with van der Waals surface area (Å²) in [7, 11) is 2.09. The third-order valence-corrected chi connectivity index (χ3v) is 5.45. The molecule has 0 unspecified atom stereocenters. The zero-order valence-corrected chi connectivity index (χ0v) is 15.9. The molecule has 2 aliphatic heterocycles. The summed E-state index contributed by atoms with van der Waals surface area (Å²) in [5.41, 5.74) is 4.25. The average Bonchev–Trinajstić information content (AvgIpc) is 3.13. The Kier molecular flexibility index (Phi) is 5.41. The van der Waals surface area contributed by atoms with Crippen LogP contribution in [0.15, 0.2) is 48.5 Å². The van der Waals surface area contributed by atoms with E-state index in [0.717, 1.165) is 62.5 Å². The summed E-state index contributed by atoms with van der Waals surface area (Å²) in [6.07, 6.45) is 1.02. The lowest BCUT2D eigenvalue weighted by Crippen LogP contribution is -2.36. The maximum Gasteiger partial charge on any atom is 0.251 e. The van der Waals surface area contributed by atoms with Gasteiger partial charge in [0.2, 0.25) is 0 Å². The van der Waals surface area contributed by atoms with Crippen LogP contribution in [0.4, 0.5) is 5.69 Å². The molecule has 5 heteroatoms. The van der Waals surface area contributed by atoms with Crippen LogP contribution in [-0.4, -0.2) is 63.3 Å². The van der Waals surface area contributed by atoms with Gasteiger partial charge in [-0.1, -0.05) is 24.3 Å². The number of likely N-dealkylation sites (tertiary alicyclic amines) is 1. The molecule has 2 aliphatic rings. The van der Waals surface area contributed by atoms with E-state index in [1.165, 1.54) is 5.69 Å².